The van der Waals surface area contributed by atoms with E-state index in [0.29, 0.717) is 19.4 Å². The molecular weight excluding hydrogens is 522 g/mol. The maximum absolute atomic E-state index is 12.4. The van der Waals surface area contributed by atoms with Gasteiger partial charge >= 0.3 is 6.09 Å². The number of hydrogen-bond donors (Lipinski definition) is 2. The lowest BCUT2D eigenvalue weighted by Gasteiger charge is -2.12. The van der Waals surface area contributed by atoms with Crippen molar-refractivity contribution in [3.8, 4) is 17.2 Å². The molecule has 0 aromatic heterocycles. The number of hydrogen-bond acceptors (Lipinski definition) is 4. The summed E-state index contributed by atoms with van der Waals surface area (Å²) in [6.07, 6.45) is 9.91. The third-order valence-corrected chi connectivity index (χ3v) is 7.34. The fraction of sp³-hybridized carbons (Fsp3) is 0.417. The van der Waals surface area contributed by atoms with Gasteiger partial charge in [0.25, 0.3) is 0 Å². The molecule has 6 nitrogen and oxygen atoms in total. The van der Waals surface area contributed by atoms with E-state index < -0.39 is 6.04 Å². The number of carbonyl (C=O) groups is 2. The van der Waals surface area contributed by atoms with Crippen LogP contribution >= 0.6 is 0 Å². The number of nitrogens with zero attached hydrogens (tertiary/aromatic N) is 1. The fourth-order valence-electron chi connectivity index (χ4n) is 4.79. The molecule has 0 aliphatic heterocycles. The summed E-state index contributed by atoms with van der Waals surface area (Å²) in [4.78, 5) is 24.2. The summed E-state index contributed by atoms with van der Waals surface area (Å²) in [5.74, 6) is -0.0615. The summed E-state index contributed by atoms with van der Waals surface area (Å²) in [7, 11) is 0. The molecule has 0 fully saturated rings. The molecule has 1 atom stereocenters. The van der Waals surface area contributed by atoms with Crippen LogP contribution in [0.5, 0.6) is 0 Å². The lowest BCUT2D eigenvalue weighted by Crippen LogP contribution is -2.33. The number of amides is 2. The molecule has 0 bridgehead atoms. The van der Waals surface area contributed by atoms with Gasteiger partial charge in [0.2, 0.25) is 5.91 Å². The summed E-state index contributed by atoms with van der Waals surface area (Å²) in [5.41, 5.74) is 5.64. The monoisotopic (exact) mass is 567 g/mol. The number of nitriles is 1. The molecule has 0 spiro atoms. The van der Waals surface area contributed by atoms with E-state index in [0.717, 1.165) is 60.8 Å². The zero-order valence-corrected chi connectivity index (χ0v) is 24.9. The number of benzene rings is 3. The summed E-state index contributed by atoms with van der Waals surface area (Å²) in [6.45, 7) is 3.06. The number of alkyl carbamates (subject to hydrolysis) is 1. The van der Waals surface area contributed by atoms with Crippen LogP contribution in [0.25, 0.3) is 11.1 Å². The number of unbranched alkanes of at least 4 members (excludes halogenated alkanes) is 5. The van der Waals surface area contributed by atoms with Crippen molar-refractivity contribution in [1.82, 2.24) is 10.6 Å². The molecule has 0 aliphatic carbocycles. The van der Waals surface area contributed by atoms with E-state index in [4.69, 9.17) is 4.74 Å². The second kappa shape index (κ2) is 19.1. The molecule has 0 unspecified atom stereocenters. The Bertz CT molecular complexity index is 1230. The fourth-order valence-corrected chi connectivity index (χ4v) is 4.79. The van der Waals surface area contributed by atoms with Gasteiger partial charge < -0.3 is 15.4 Å². The first-order chi connectivity index (χ1) is 20.6. The van der Waals surface area contributed by atoms with Crippen LogP contribution in [0.4, 0.5) is 4.79 Å². The van der Waals surface area contributed by atoms with Crippen molar-refractivity contribution in [2.24, 2.45) is 0 Å². The van der Waals surface area contributed by atoms with E-state index in [-0.39, 0.29) is 18.6 Å². The average molecular weight is 568 g/mol. The lowest BCUT2D eigenvalue weighted by atomic mass is 9.99. The molecule has 3 rings (SSSR count). The third-order valence-electron chi connectivity index (χ3n) is 7.34. The maximum Gasteiger partial charge on any atom is 0.407 e. The van der Waals surface area contributed by atoms with Crippen LogP contribution in [0.3, 0.4) is 0 Å². The molecule has 0 saturated carbocycles. The van der Waals surface area contributed by atoms with Gasteiger partial charge in [-0.1, -0.05) is 118 Å². The quantitative estimate of drug-likeness (QED) is 0.153. The number of carbonyl (C=O) groups excluding carboxylic acids is 2. The Balaban J connectivity index is 1.31. The Labute approximate surface area is 251 Å². The van der Waals surface area contributed by atoms with Gasteiger partial charge in [0.1, 0.15) is 12.6 Å². The first-order valence-corrected chi connectivity index (χ1v) is 15.4. The van der Waals surface area contributed by atoms with E-state index in [1.165, 1.54) is 24.8 Å². The highest BCUT2D eigenvalue weighted by Crippen LogP contribution is 2.21. The van der Waals surface area contributed by atoms with E-state index in [2.05, 4.69) is 72.2 Å². The molecule has 2 N–H and O–H groups in total. The standard InChI is InChI=1S/C36H45N3O3/c1-2-3-4-5-9-15-34(27-37)39-35(40)25-20-30-18-23-33(24-19-30)32-21-16-29(17-22-32)12-10-11-26-38-36(41)42-28-31-13-7-6-8-14-31/h6-8,13-14,16-19,21-24,34H,2-5,9-12,15,20,25-26,28H2,1H3,(H,38,41)(H,39,40)/t34-/m0/s1. The van der Waals surface area contributed by atoms with Gasteiger partial charge in [-0.2, -0.15) is 5.26 Å². The van der Waals surface area contributed by atoms with Crippen molar-refractivity contribution < 1.29 is 14.3 Å². The van der Waals surface area contributed by atoms with Crippen LogP contribution in [0, 0.1) is 11.3 Å². The minimum Gasteiger partial charge on any atom is -0.445 e. The molecule has 42 heavy (non-hydrogen) atoms. The highest BCUT2D eigenvalue weighted by molar-refractivity contribution is 5.77. The Morgan fingerprint density at radius 3 is 2.05 bits per heavy atom. The first-order valence-electron chi connectivity index (χ1n) is 15.4. The third kappa shape index (κ3) is 12.6. The number of ether oxygens (including phenoxy) is 1. The van der Waals surface area contributed by atoms with Gasteiger partial charge in [-0.15, -0.1) is 0 Å². The van der Waals surface area contributed by atoms with Crippen LogP contribution < -0.4 is 10.6 Å². The van der Waals surface area contributed by atoms with Crippen LogP contribution in [0.2, 0.25) is 0 Å². The zero-order valence-electron chi connectivity index (χ0n) is 24.9. The van der Waals surface area contributed by atoms with E-state index in [1.54, 1.807) is 0 Å². The molecule has 0 aliphatic rings. The minimum atomic E-state index is -0.393. The second-order valence-electron chi connectivity index (χ2n) is 10.8. The summed E-state index contributed by atoms with van der Waals surface area (Å²) in [6, 6.07) is 28.4. The lowest BCUT2D eigenvalue weighted by molar-refractivity contribution is -0.121. The number of rotatable bonds is 18. The van der Waals surface area contributed by atoms with Crippen molar-refractivity contribution in [1.29, 1.82) is 5.26 Å². The number of aryl methyl sites for hydroxylation is 2. The SMILES string of the molecule is CCCCCCC[C@@H](C#N)NC(=O)CCc1ccc(-c2ccc(CCCCNC(=O)OCc3ccccc3)cc2)cc1. The van der Waals surface area contributed by atoms with Crippen molar-refractivity contribution in [3.05, 3.63) is 95.6 Å². The largest absolute Gasteiger partial charge is 0.445 e. The molecule has 0 heterocycles. The van der Waals surface area contributed by atoms with Crippen LogP contribution in [-0.4, -0.2) is 24.6 Å². The van der Waals surface area contributed by atoms with Crippen molar-refractivity contribution in [2.45, 2.75) is 90.2 Å². The molecule has 2 amide bonds. The van der Waals surface area contributed by atoms with E-state index in [1.807, 2.05) is 30.3 Å². The van der Waals surface area contributed by atoms with Crippen molar-refractivity contribution in [2.75, 3.05) is 6.54 Å². The molecular formula is C36H45N3O3. The van der Waals surface area contributed by atoms with Gasteiger partial charge in [-0.3, -0.25) is 4.79 Å². The second-order valence-corrected chi connectivity index (χ2v) is 10.8. The predicted molar refractivity (Wildman–Crippen MR) is 169 cm³/mol. The van der Waals surface area contributed by atoms with Crippen LogP contribution in [0.1, 0.15) is 81.4 Å². The van der Waals surface area contributed by atoms with E-state index in [9.17, 15) is 14.9 Å². The molecule has 3 aromatic rings. The van der Waals surface area contributed by atoms with Gasteiger partial charge in [0.05, 0.1) is 6.07 Å². The predicted octanol–water partition coefficient (Wildman–Crippen LogP) is 7.90. The number of nitrogens with one attached hydrogen (secondary N) is 2. The van der Waals surface area contributed by atoms with Crippen molar-refractivity contribution in [3.63, 3.8) is 0 Å². The van der Waals surface area contributed by atoms with Gasteiger partial charge in [0.15, 0.2) is 0 Å². The Morgan fingerprint density at radius 1 is 0.762 bits per heavy atom. The van der Waals surface area contributed by atoms with E-state index >= 15 is 0 Å². The average Bonchev–Trinajstić information content (AvgIpc) is 3.03. The maximum atomic E-state index is 12.4. The van der Waals surface area contributed by atoms with Crippen LogP contribution in [0.15, 0.2) is 78.9 Å². The molecule has 222 valence electrons. The van der Waals surface area contributed by atoms with Crippen molar-refractivity contribution >= 4 is 12.0 Å². The molecule has 0 radical (unpaired) electrons. The Morgan fingerprint density at radius 2 is 1.40 bits per heavy atom. The highest BCUT2D eigenvalue weighted by Gasteiger charge is 2.11. The summed E-state index contributed by atoms with van der Waals surface area (Å²) >= 11 is 0. The summed E-state index contributed by atoms with van der Waals surface area (Å²) in [5, 5.41) is 15.1. The van der Waals surface area contributed by atoms with Crippen LogP contribution in [-0.2, 0) is 29.0 Å². The Kier molecular flexibility index (Phi) is 14.7. The zero-order chi connectivity index (χ0) is 29.8. The molecule has 6 heteroatoms. The normalized spacial score (nSPS) is 11.3. The van der Waals surface area contributed by atoms with Gasteiger partial charge in [0, 0.05) is 13.0 Å². The van der Waals surface area contributed by atoms with Gasteiger partial charge in [-0.05, 0) is 59.9 Å². The summed E-state index contributed by atoms with van der Waals surface area (Å²) < 4.78 is 5.24. The minimum absolute atomic E-state index is 0.0615. The highest BCUT2D eigenvalue weighted by atomic mass is 16.5. The smallest absolute Gasteiger partial charge is 0.407 e. The molecule has 3 aromatic carbocycles. The topological polar surface area (TPSA) is 91.2 Å². The Hall–Kier alpha value is -4.11. The first kappa shape index (κ1) is 32.4. The van der Waals surface area contributed by atoms with Gasteiger partial charge in [-0.25, -0.2) is 4.79 Å². The molecule has 0 saturated heterocycles.